The Labute approximate surface area is 164 Å². The van der Waals surface area contributed by atoms with E-state index in [0.29, 0.717) is 0 Å². The number of hydrogen-bond donors (Lipinski definition) is 5. The molecule has 13 heteroatoms. The van der Waals surface area contributed by atoms with E-state index >= 15 is 0 Å². The van der Waals surface area contributed by atoms with E-state index in [-0.39, 0.29) is 22.5 Å². The van der Waals surface area contributed by atoms with Crippen molar-refractivity contribution in [2.24, 2.45) is 0 Å². The summed E-state index contributed by atoms with van der Waals surface area (Å²) >= 11 is 0. The minimum Gasteiger partial charge on any atom is -0.394 e. The van der Waals surface area contributed by atoms with E-state index in [1.807, 2.05) is 0 Å². The van der Waals surface area contributed by atoms with Crippen molar-refractivity contribution in [1.29, 1.82) is 0 Å². The van der Waals surface area contributed by atoms with Gasteiger partial charge in [0.25, 0.3) is 5.16 Å². The van der Waals surface area contributed by atoms with Crippen LogP contribution in [0.5, 0.6) is 0 Å². The molecule has 0 unspecified atom stereocenters. The summed E-state index contributed by atoms with van der Waals surface area (Å²) in [4.78, 5) is 11.6. The Morgan fingerprint density at radius 2 is 1.90 bits per heavy atom. The van der Waals surface area contributed by atoms with Crippen LogP contribution in [0.3, 0.4) is 0 Å². The molecule has 0 aliphatic carbocycles. The van der Waals surface area contributed by atoms with Gasteiger partial charge in [-0.15, -0.1) is 0 Å². The fraction of sp³-hybridized carbons (Fsp3) is 0.312. The van der Waals surface area contributed by atoms with Crippen molar-refractivity contribution in [3.05, 3.63) is 42.2 Å². The average molecular weight is 423 g/mol. The molecule has 1 aromatic carbocycles. The number of imidazole rings is 1. The normalized spacial score (nSPS) is 27.5. The third-order valence-electron chi connectivity index (χ3n) is 4.81. The van der Waals surface area contributed by atoms with Gasteiger partial charge in [-0.25, -0.2) is 15.0 Å². The molecule has 6 N–H and O–H groups in total. The van der Waals surface area contributed by atoms with Gasteiger partial charge in [0.1, 0.15) is 24.6 Å². The highest BCUT2D eigenvalue weighted by Crippen LogP contribution is 2.44. The highest BCUT2D eigenvalue weighted by Gasteiger charge is 2.58. The van der Waals surface area contributed by atoms with Gasteiger partial charge in [0.05, 0.1) is 6.61 Å². The molecule has 154 valence electrons. The predicted octanol–water partition coefficient (Wildman–Crippen LogP) is -1.53. The molecule has 1 aliphatic heterocycles. The molecule has 12 nitrogen and oxygen atoms in total. The minimum absolute atomic E-state index is 0.159. The second-order valence-corrected chi connectivity index (χ2v) is 7.79. The number of nitrogens with zero attached hydrogens (tertiary/aromatic N) is 4. The number of anilines is 1. The van der Waals surface area contributed by atoms with E-state index in [0.717, 1.165) is 10.9 Å². The topological polar surface area (TPSA) is 194 Å². The summed E-state index contributed by atoms with van der Waals surface area (Å²) in [7, 11) is -4.97. The second-order valence-electron chi connectivity index (χ2n) is 6.47. The number of rotatable bonds is 4. The lowest BCUT2D eigenvalue weighted by Crippen LogP contribution is -2.47. The molecule has 3 heterocycles. The zero-order valence-corrected chi connectivity index (χ0v) is 15.5. The maximum absolute atomic E-state index is 12.1. The SMILES string of the molecule is Nc1ncnc2c1nc(S(=O)(=O)O)n2[C@]1(c2ccccc2)O[C@H](CO)[C@@H](O)[C@H]1O. The number of nitrogen functional groups attached to an aromatic ring is 1. The van der Waals surface area contributed by atoms with Crippen LogP contribution in [-0.2, 0) is 20.6 Å². The Bertz CT molecular complexity index is 1170. The van der Waals surface area contributed by atoms with Crippen LogP contribution >= 0.6 is 0 Å². The first-order chi connectivity index (χ1) is 13.7. The summed E-state index contributed by atoms with van der Waals surface area (Å²) in [6.45, 7) is -0.669. The van der Waals surface area contributed by atoms with E-state index in [9.17, 15) is 28.3 Å². The predicted molar refractivity (Wildman–Crippen MR) is 97.0 cm³/mol. The molecule has 3 aromatic rings. The fourth-order valence-corrected chi connectivity index (χ4v) is 4.20. The highest BCUT2D eigenvalue weighted by atomic mass is 32.2. The molecule has 2 aromatic heterocycles. The van der Waals surface area contributed by atoms with E-state index in [1.165, 1.54) is 12.1 Å². The number of nitrogens with two attached hydrogens (primary N) is 1. The average Bonchev–Trinajstić information content (AvgIpc) is 3.21. The Morgan fingerprint density at radius 1 is 1.21 bits per heavy atom. The van der Waals surface area contributed by atoms with Crippen molar-refractivity contribution in [2.75, 3.05) is 12.3 Å². The van der Waals surface area contributed by atoms with Gasteiger partial charge < -0.3 is 25.8 Å². The number of ether oxygens (including phenoxy) is 1. The largest absolute Gasteiger partial charge is 0.394 e. The monoisotopic (exact) mass is 423 g/mol. The van der Waals surface area contributed by atoms with Crippen LogP contribution in [0, 0.1) is 0 Å². The Kier molecular flexibility index (Phi) is 4.53. The molecule has 0 amide bonds. The lowest BCUT2D eigenvalue weighted by atomic mass is 9.94. The number of benzene rings is 1. The second kappa shape index (κ2) is 6.69. The lowest BCUT2D eigenvalue weighted by molar-refractivity contribution is -0.120. The first-order valence-corrected chi connectivity index (χ1v) is 9.83. The van der Waals surface area contributed by atoms with Gasteiger partial charge in [-0.2, -0.15) is 8.42 Å². The summed E-state index contributed by atoms with van der Waals surface area (Å²) in [5.41, 5.74) is 3.56. The molecule has 4 atom stereocenters. The Hall–Kier alpha value is -2.68. The first kappa shape index (κ1) is 19.6. The first-order valence-electron chi connectivity index (χ1n) is 8.39. The van der Waals surface area contributed by atoms with Gasteiger partial charge in [0, 0.05) is 5.56 Å². The number of aliphatic hydroxyl groups is 3. The maximum Gasteiger partial charge on any atom is 0.328 e. The molecule has 1 aliphatic rings. The maximum atomic E-state index is 12.1. The lowest BCUT2D eigenvalue weighted by Gasteiger charge is -2.35. The van der Waals surface area contributed by atoms with Crippen LogP contribution in [0.4, 0.5) is 5.82 Å². The van der Waals surface area contributed by atoms with Gasteiger partial charge in [-0.3, -0.25) is 9.12 Å². The summed E-state index contributed by atoms with van der Waals surface area (Å²) in [5.74, 6) is -0.173. The van der Waals surface area contributed by atoms with Crippen molar-refractivity contribution in [3.63, 3.8) is 0 Å². The van der Waals surface area contributed by atoms with E-state index in [2.05, 4.69) is 15.0 Å². The molecular formula is C16H17N5O7S. The smallest absolute Gasteiger partial charge is 0.328 e. The molecule has 0 saturated carbocycles. The molecule has 4 rings (SSSR count). The van der Waals surface area contributed by atoms with Crippen molar-refractivity contribution in [3.8, 4) is 0 Å². The standard InChI is InChI=1S/C16H17N5O7S/c17-13-10-14(19-7-18-13)21(15(20-10)29(25,26)27)16(8-4-2-1-3-5-8)12(24)11(23)9(6-22)28-16/h1-5,7,9,11-12,22-24H,6H2,(H2,17,18,19)(H,25,26,27)/t9-,11-,12-,16-/m1/s1. The number of hydrogen-bond acceptors (Lipinski definition) is 10. The molecular weight excluding hydrogens is 406 g/mol. The molecule has 0 radical (unpaired) electrons. The molecule has 0 spiro atoms. The third kappa shape index (κ3) is 2.78. The van der Waals surface area contributed by atoms with Gasteiger partial charge in [0.2, 0.25) is 5.72 Å². The van der Waals surface area contributed by atoms with Crippen molar-refractivity contribution in [1.82, 2.24) is 19.5 Å². The zero-order valence-electron chi connectivity index (χ0n) is 14.7. The zero-order chi connectivity index (χ0) is 21.0. The van der Waals surface area contributed by atoms with Crippen LogP contribution < -0.4 is 5.73 Å². The van der Waals surface area contributed by atoms with Gasteiger partial charge in [-0.1, -0.05) is 30.3 Å². The van der Waals surface area contributed by atoms with E-state index in [1.54, 1.807) is 18.2 Å². The Balaban J connectivity index is 2.16. The summed E-state index contributed by atoms with van der Waals surface area (Å²) in [5, 5.41) is 30.1. The molecule has 1 fully saturated rings. The third-order valence-corrected chi connectivity index (χ3v) is 5.54. The molecule has 1 saturated heterocycles. The van der Waals surface area contributed by atoms with E-state index < -0.39 is 45.9 Å². The molecule has 0 bridgehead atoms. The van der Waals surface area contributed by atoms with Crippen LogP contribution in [-0.4, -0.2) is 72.7 Å². The van der Waals surface area contributed by atoms with Gasteiger partial charge in [0.15, 0.2) is 17.0 Å². The summed E-state index contributed by atoms with van der Waals surface area (Å²) < 4.78 is 40.8. The van der Waals surface area contributed by atoms with Gasteiger partial charge in [-0.05, 0) is 0 Å². The van der Waals surface area contributed by atoms with Crippen molar-refractivity contribution in [2.45, 2.75) is 29.2 Å². The fourth-order valence-electron chi connectivity index (χ4n) is 3.54. The van der Waals surface area contributed by atoms with Crippen LogP contribution in [0.1, 0.15) is 5.56 Å². The van der Waals surface area contributed by atoms with Crippen molar-refractivity contribution >= 4 is 27.1 Å². The minimum atomic E-state index is -4.97. The van der Waals surface area contributed by atoms with Gasteiger partial charge >= 0.3 is 10.1 Å². The summed E-state index contributed by atoms with van der Waals surface area (Å²) in [6.07, 6.45) is -3.58. The van der Waals surface area contributed by atoms with E-state index in [4.69, 9.17) is 10.5 Å². The van der Waals surface area contributed by atoms with Crippen LogP contribution in [0.25, 0.3) is 11.2 Å². The number of fused-ring (bicyclic) bond motifs is 1. The Morgan fingerprint density at radius 3 is 2.48 bits per heavy atom. The van der Waals surface area contributed by atoms with Crippen molar-refractivity contribution < 1.29 is 33.0 Å². The summed E-state index contributed by atoms with van der Waals surface area (Å²) in [6, 6.07) is 7.90. The highest BCUT2D eigenvalue weighted by molar-refractivity contribution is 7.85. The number of aliphatic hydroxyl groups excluding tert-OH is 3. The van der Waals surface area contributed by atoms with Crippen LogP contribution in [0.2, 0.25) is 0 Å². The molecule has 29 heavy (non-hydrogen) atoms. The number of aromatic nitrogens is 4. The quantitative estimate of drug-likeness (QED) is 0.305. The van der Waals surface area contributed by atoms with Crippen LogP contribution in [0.15, 0.2) is 41.8 Å².